The number of hydrogen-bond acceptors (Lipinski definition) is 4. The van der Waals surface area contributed by atoms with Crippen LogP contribution in [-0.2, 0) is 21.2 Å². The fourth-order valence-corrected chi connectivity index (χ4v) is 5.06. The van der Waals surface area contributed by atoms with Gasteiger partial charge in [-0.3, -0.25) is 4.79 Å². The van der Waals surface area contributed by atoms with Gasteiger partial charge in [0.1, 0.15) is 5.75 Å². The SMILES string of the molecule is CCOc1ccc(S(=O)(=O)N2CCCCC2)cc1NC(=O)Cc1ccccc1Cl. The number of rotatable bonds is 7. The molecule has 1 saturated heterocycles. The molecule has 156 valence electrons. The normalized spacial score (nSPS) is 15.1. The topological polar surface area (TPSA) is 75.7 Å². The largest absolute Gasteiger partial charge is 0.492 e. The van der Waals surface area contributed by atoms with E-state index >= 15 is 0 Å². The number of nitrogens with one attached hydrogen (secondary N) is 1. The minimum absolute atomic E-state index is 0.0777. The van der Waals surface area contributed by atoms with E-state index in [1.165, 1.54) is 16.4 Å². The van der Waals surface area contributed by atoms with Crippen LogP contribution in [0.3, 0.4) is 0 Å². The standard InChI is InChI=1S/C21H25ClN2O4S/c1-2-28-20-11-10-17(29(26,27)24-12-6-3-7-13-24)15-19(20)23-21(25)14-16-8-4-5-9-18(16)22/h4-5,8-11,15H,2-3,6-7,12-14H2,1H3,(H,23,25). The van der Waals surface area contributed by atoms with Crippen LogP contribution in [0.1, 0.15) is 31.7 Å². The number of halogens is 1. The smallest absolute Gasteiger partial charge is 0.243 e. The number of sulfonamides is 1. The molecule has 29 heavy (non-hydrogen) atoms. The van der Waals surface area contributed by atoms with Crippen molar-refractivity contribution in [2.75, 3.05) is 25.0 Å². The Bertz CT molecular complexity index is 972. The number of ether oxygens (including phenoxy) is 1. The summed E-state index contributed by atoms with van der Waals surface area (Å²) in [5.41, 5.74) is 1.03. The van der Waals surface area contributed by atoms with Gasteiger partial charge in [-0.15, -0.1) is 0 Å². The lowest BCUT2D eigenvalue weighted by Gasteiger charge is -2.26. The first-order valence-electron chi connectivity index (χ1n) is 9.72. The third-order valence-corrected chi connectivity index (χ3v) is 7.05. The summed E-state index contributed by atoms with van der Waals surface area (Å²) in [6.07, 6.45) is 2.84. The molecule has 1 fully saturated rings. The third kappa shape index (κ3) is 5.29. The molecule has 1 amide bonds. The van der Waals surface area contributed by atoms with E-state index in [2.05, 4.69) is 5.32 Å². The Labute approximate surface area is 176 Å². The van der Waals surface area contributed by atoms with Crippen LogP contribution >= 0.6 is 11.6 Å². The summed E-state index contributed by atoms with van der Waals surface area (Å²) in [4.78, 5) is 12.7. The lowest BCUT2D eigenvalue weighted by Crippen LogP contribution is -2.35. The van der Waals surface area contributed by atoms with E-state index in [0.717, 1.165) is 19.3 Å². The van der Waals surface area contributed by atoms with Gasteiger partial charge in [-0.2, -0.15) is 4.31 Å². The zero-order valence-corrected chi connectivity index (χ0v) is 17.9. The molecular weight excluding hydrogens is 412 g/mol. The molecule has 1 heterocycles. The molecule has 1 aliphatic rings. The van der Waals surface area contributed by atoms with Gasteiger partial charge in [0.05, 0.1) is 23.6 Å². The summed E-state index contributed by atoms with van der Waals surface area (Å²) in [6, 6.07) is 11.7. The van der Waals surface area contributed by atoms with Crippen LogP contribution < -0.4 is 10.1 Å². The van der Waals surface area contributed by atoms with E-state index < -0.39 is 10.0 Å². The molecule has 0 aromatic heterocycles. The molecule has 2 aromatic carbocycles. The lowest BCUT2D eigenvalue weighted by atomic mass is 10.1. The number of piperidine rings is 1. The van der Waals surface area contributed by atoms with Crippen molar-refractivity contribution in [3.63, 3.8) is 0 Å². The molecule has 0 atom stereocenters. The van der Waals surface area contributed by atoms with E-state index in [9.17, 15) is 13.2 Å². The van der Waals surface area contributed by atoms with Crippen LogP contribution in [0.5, 0.6) is 5.75 Å². The van der Waals surface area contributed by atoms with Gasteiger partial charge in [0.25, 0.3) is 0 Å². The van der Waals surface area contributed by atoms with Crippen molar-refractivity contribution in [3.05, 3.63) is 53.1 Å². The van der Waals surface area contributed by atoms with Crippen LogP contribution in [0.2, 0.25) is 5.02 Å². The molecule has 1 N–H and O–H groups in total. The fourth-order valence-electron chi connectivity index (χ4n) is 3.31. The van der Waals surface area contributed by atoms with Crippen LogP contribution in [0, 0.1) is 0 Å². The van der Waals surface area contributed by atoms with Crippen molar-refractivity contribution >= 4 is 33.2 Å². The summed E-state index contributed by atoms with van der Waals surface area (Å²) in [5, 5.41) is 3.29. The van der Waals surface area contributed by atoms with E-state index in [4.69, 9.17) is 16.3 Å². The fraction of sp³-hybridized carbons (Fsp3) is 0.381. The van der Waals surface area contributed by atoms with Crippen molar-refractivity contribution < 1.29 is 17.9 Å². The Morgan fingerprint density at radius 2 is 1.86 bits per heavy atom. The van der Waals surface area contributed by atoms with Gasteiger partial charge >= 0.3 is 0 Å². The van der Waals surface area contributed by atoms with E-state index in [0.29, 0.717) is 41.7 Å². The molecular formula is C21H25ClN2O4S. The van der Waals surface area contributed by atoms with Crippen molar-refractivity contribution in [2.24, 2.45) is 0 Å². The van der Waals surface area contributed by atoms with Crippen molar-refractivity contribution in [3.8, 4) is 5.75 Å². The van der Waals surface area contributed by atoms with Gasteiger partial charge in [-0.25, -0.2) is 8.42 Å². The van der Waals surface area contributed by atoms with Gasteiger partial charge in [0.2, 0.25) is 15.9 Å². The molecule has 8 heteroatoms. The summed E-state index contributed by atoms with van der Waals surface area (Å²) >= 11 is 6.13. The summed E-state index contributed by atoms with van der Waals surface area (Å²) in [5.74, 6) is 0.129. The van der Waals surface area contributed by atoms with Crippen LogP contribution in [0.15, 0.2) is 47.4 Å². The second-order valence-electron chi connectivity index (χ2n) is 6.87. The summed E-state index contributed by atoms with van der Waals surface area (Å²) in [6.45, 7) is 3.26. The van der Waals surface area contributed by atoms with E-state index in [-0.39, 0.29) is 17.2 Å². The maximum atomic E-state index is 13.0. The Kier molecular flexibility index (Phi) is 7.16. The van der Waals surface area contributed by atoms with Gasteiger partial charge in [0, 0.05) is 18.1 Å². The van der Waals surface area contributed by atoms with E-state index in [1.807, 2.05) is 13.0 Å². The summed E-state index contributed by atoms with van der Waals surface area (Å²) in [7, 11) is -3.61. The van der Waals surface area contributed by atoms with Gasteiger partial charge in [0.15, 0.2) is 0 Å². The first-order chi connectivity index (χ1) is 13.9. The molecule has 0 saturated carbocycles. The predicted octanol–water partition coefficient (Wildman–Crippen LogP) is 4.09. The zero-order valence-electron chi connectivity index (χ0n) is 16.4. The van der Waals surface area contributed by atoms with Crippen molar-refractivity contribution in [2.45, 2.75) is 37.5 Å². The van der Waals surface area contributed by atoms with E-state index in [1.54, 1.807) is 24.3 Å². The van der Waals surface area contributed by atoms with Crippen LogP contribution in [-0.4, -0.2) is 38.3 Å². The predicted molar refractivity (Wildman–Crippen MR) is 114 cm³/mol. The second kappa shape index (κ2) is 9.61. The first kappa shape index (κ1) is 21.6. The first-order valence-corrected chi connectivity index (χ1v) is 11.5. The van der Waals surface area contributed by atoms with Crippen molar-refractivity contribution in [1.29, 1.82) is 0 Å². The lowest BCUT2D eigenvalue weighted by molar-refractivity contribution is -0.115. The van der Waals surface area contributed by atoms with Crippen molar-refractivity contribution in [1.82, 2.24) is 4.31 Å². The Morgan fingerprint density at radius 3 is 2.55 bits per heavy atom. The Balaban J connectivity index is 1.85. The third-order valence-electron chi connectivity index (χ3n) is 4.79. The molecule has 0 bridgehead atoms. The Hall–Kier alpha value is -2.09. The average Bonchev–Trinajstić information content (AvgIpc) is 2.72. The molecule has 3 rings (SSSR count). The quantitative estimate of drug-likeness (QED) is 0.709. The number of benzene rings is 2. The number of nitrogens with zero attached hydrogens (tertiary/aromatic N) is 1. The summed E-state index contributed by atoms with van der Waals surface area (Å²) < 4.78 is 33.0. The molecule has 2 aromatic rings. The average molecular weight is 437 g/mol. The highest BCUT2D eigenvalue weighted by Gasteiger charge is 2.27. The highest BCUT2D eigenvalue weighted by molar-refractivity contribution is 7.89. The monoisotopic (exact) mass is 436 g/mol. The highest BCUT2D eigenvalue weighted by atomic mass is 35.5. The van der Waals surface area contributed by atoms with Gasteiger partial charge < -0.3 is 10.1 Å². The molecule has 0 unspecified atom stereocenters. The van der Waals surface area contributed by atoms with Gasteiger partial charge in [-0.1, -0.05) is 36.2 Å². The molecule has 0 aliphatic carbocycles. The number of hydrogen-bond donors (Lipinski definition) is 1. The molecule has 0 radical (unpaired) electrons. The van der Waals surface area contributed by atoms with Crippen LogP contribution in [0.4, 0.5) is 5.69 Å². The number of carbonyl (C=O) groups excluding carboxylic acids is 1. The maximum Gasteiger partial charge on any atom is 0.243 e. The zero-order chi connectivity index (χ0) is 20.9. The minimum Gasteiger partial charge on any atom is -0.492 e. The number of carbonyl (C=O) groups is 1. The minimum atomic E-state index is -3.61. The van der Waals surface area contributed by atoms with Crippen LogP contribution in [0.25, 0.3) is 0 Å². The number of amides is 1. The number of anilines is 1. The Morgan fingerprint density at radius 1 is 1.14 bits per heavy atom. The molecule has 0 spiro atoms. The molecule has 6 nitrogen and oxygen atoms in total. The second-order valence-corrected chi connectivity index (χ2v) is 9.22. The van der Waals surface area contributed by atoms with Gasteiger partial charge in [-0.05, 0) is 49.6 Å². The maximum absolute atomic E-state index is 13.0. The molecule has 1 aliphatic heterocycles. The highest BCUT2D eigenvalue weighted by Crippen LogP contribution is 2.30.